The molecule has 1 saturated heterocycles. The van der Waals surface area contributed by atoms with Gasteiger partial charge in [0, 0.05) is 43.2 Å². The predicted octanol–water partition coefficient (Wildman–Crippen LogP) is 4.56. The van der Waals surface area contributed by atoms with E-state index in [1.807, 2.05) is 28.9 Å². The van der Waals surface area contributed by atoms with Crippen LogP contribution in [0.5, 0.6) is 11.5 Å². The van der Waals surface area contributed by atoms with E-state index in [-0.39, 0.29) is 11.8 Å². The number of benzene rings is 2. The van der Waals surface area contributed by atoms with Crippen molar-refractivity contribution in [3.05, 3.63) is 71.5 Å². The second kappa shape index (κ2) is 10.5. The van der Waals surface area contributed by atoms with Gasteiger partial charge in [-0.25, -0.2) is 9.50 Å². The number of nitrogens with one attached hydrogen (secondary N) is 1. The third-order valence-corrected chi connectivity index (χ3v) is 7.20. The Morgan fingerprint density at radius 2 is 1.95 bits per heavy atom. The first-order chi connectivity index (χ1) is 18.0. The zero-order chi connectivity index (χ0) is 25.9. The van der Waals surface area contributed by atoms with Gasteiger partial charge in [0.2, 0.25) is 5.91 Å². The van der Waals surface area contributed by atoms with E-state index in [1.54, 1.807) is 20.4 Å². The summed E-state index contributed by atoms with van der Waals surface area (Å²) in [5, 5.41) is 7.91. The number of hydrogen-bond acceptors (Lipinski definition) is 6. The van der Waals surface area contributed by atoms with Gasteiger partial charge in [-0.05, 0) is 68.1 Å². The summed E-state index contributed by atoms with van der Waals surface area (Å²) in [6.45, 7) is 6.07. The highest BCUT2D eigenvalue weighted by Crippen LogP contribution is 2.29. The van der Waals surface area contributed by atoms with E-state index in [1.165, 1.54) is 11.1 Å². The molecule has 1 amide bonds. The molecule has 0 bridgehead atoms. The number of carbonyl (C=O) groups is 1. The van der Waals surface area contributed by atoms with E-state index >= 15 is 0 Å². The van der Waals surface area contributed by atoms with Crippen LogP contribution in [-0.2, 0) is 11.3 Å². The van der Waals surface area contributed by atoms with Crippen molar-refractivity contribution in [2.45, 2.75) is 33.2 Å². The average Bonchev–Trinajstić information content (AvgIpc) is 3.37. The zero-order valence-electron chi connectivity index (χ0n) is 21.8. The Balaban J connectivity index is 1.32. The standard InChI is InChI=1S/C29H33N5O3/c1-19-7-8-21(14-20(19)2)25-16-26-28(30-11-13-34(26)32-25)33-12-5-6-22(18-33)29(35)31-17-23-15-24(36-3)9-10-27(23)37-4/h7-11,13-16,22H,5-6,12,17-18H2,1-4H3,(H,31,35). The number of rotatable bonds is 7. The number of carbonyl (C=O) groups excluding carboxylic acids is 1. The Morgan fingerprint density at radius 1 is 1.08 bits per heavy atom. The van der Waals surface area contributed by atoms with Gasteiger partial charge < -0.3 is 19.7 Å². The molecular weight excluding hydrogens is 466 g/mol. The van der Waals surface area contributed by atoms with Crippen molar-refractivity contribution in [2.24, 2.45) is 5.92 Å². The van der Waals surface area contributed by atoms with Crippen LogP contribution in [0, 0.1) is 19.8 Å². The highest BCUT2D eigenvalue weighted by Gasteiger charge is 2.28. The number of fused-ring (bicyclic) bond motifs is 1. The van der Waals surface area contributed by atoms with Crippen LogP contribution in [0.3, 0.4) is 0 Å². The fourth-order valence-corrected chi connectivity index (χ4v) is 4.92. The molecule has 0 aliphatic carbocycles. The fourth-order valence-electron chi connectivity index (χ4n) is 4.92. The van der Waals surface area contributed by atoms with Crippen molar-refractivity contribution in [1.82, 2.24) is 19.9 Å². The summed E-state index contributed by atoms with van der Waals surface area (Å²) in [5.74, 6) is 2.22. The smallest absolute Gasteiger partial charge is 0.225 e. The van der Waals surface area contributed by atoms with Crippen molar-refractivity contribution >= 4 is 17.2 Å². The number of ether oxygens (including phenoxy) is 2. The SMILES string of the molecule is COc1ccc(OC)c(CNC(=O)C2CCCN(c3nccn4nc(-c5ccc(C)c(C)c5)cc34)C2)c1. The minimum Gasteiger partial charge on any atom is -0.497 e. The molecule has 192 valence electrons. The van der Waals surface area contributed by atoms with E-state index in [0.29, 0.717) is 13.1 Å². The molecule has 1 N–H and O–H groups in total. The third-order valence-electron chi connectivity index (χ3n) is 7.20. The summed E-state index contributed by atoms with van der Waals surface area (Å²) < 4.78 is 12.7. The van der Waals surface area contributed by atoms with Gasteiger partial charge >= 0.3 is 0 Å². The molecule has 1 aliphatic heterocycles. The lowest BCUT2D eigenvalue weighted by molar-refractivity contribution is -0.125. The zero-order valence-corrected chi connectivity index (χ0v) is 21.8. The number of methoxy groups -OCH3 is 2. The first-order valence-corrected chi connectivity index (χ1v) is 12.6. The van der Waals surface area contributed by atoms with Gasteiger partial charge in [-0.15, -0.1) is 0 Å². The van der Waals surface area contributed by atoms with Crippen LogP contribution in [0.25, 0.3) is 16.8 Å². The average molecular weight is 500 g/mol. The molecule has 8 nitrogen and oxygen atoms in total. The number of aromatic nitrogens is 3. The molecule has 0 spiro atoms. The molecule has 1 fully saturated rings. The monoisotopic (exact) mass is 499 g/mol. The minimum atomic E-state index is -0.130. The van der Waals surface area contributed by atoms with Crippen molar-refractivity contribution in [2.75, 3.05) is 32.2 Å². The molecule has 1 atom stereocenters. The lowest BCUT2D eigenvalue weighted by Gasteiger charge is -2.33. The highest BCUT2D eigenvalue weighted by molar-refractivity contribution is 5.81. The van der Waals surface area contributed by atoms with Crippen molar-refractivity contribution in [1.29, 1.82) is 0 Å². The van der Waals surface area contributed by atoms with E-state index in [4.69, 9.17) is 19.6 Å². The largest absolute Gasteiger partial charge is 0.497 e. The molecule has 2 aromatic heterocycles. The van der Waals surface area contributed by atoms with Gasteiger partial charge in [-0.3, -0.25) is 4.79 Å². The van der Waals surface area contributed by atoms with Crippen molar-refractivity contribution < 1.29 is 14.3 Å². The fraction of sp³-hybridized carbons (Fsp3) is 0.345. The predicted molar refractivity (Wildman–Crippen MR) is 144 cm³/mol. The summed E-state index contributed by atoms with van der Waals surface area (Å²) in [4.78, 5) is 20.1. The van der Waals surface area contributed by atoms with Crippen molar-refractivity contribution in [3.8, 4) is 22.8 Å². The van der Waals surface area contributed by atoms with E-state index in [0.717, 1.165) is 59.0 Å². The summed E-state index contributed by atoms with van der Waals surface area (Å²) in [7, 11) is 3.25. The Morgan fingerprint density at radius 3 is 2.73 bits per heavy atom. The van der Waals surface area contributed by atoms with Crippen LogP contribution in [0.2, 0.25) is 0 Å². The third kappa shape index (κ3) is 5.09. The molecule has 4 aromatic rings. The number of aryl methyl sites for hydroxylation is 2. The maximum absolute atomic E-state index is 13.2. The quantitative estimate of drug-likeness (QED) is 0.401. The molecular formula is C29H33N5O3. The topological polar surface area (TPSA) is 81.0 Å². The molecule has 37 heavy (non-hydrogen) atoms. The lowest BCUT2D eigenvalue weighted by Crippen LogP contribution is -2.43. The van der Waals surface area contributed by atoms with Gasteiger partial charge in [-0.1, -0.05) is 12.1 Å². The lowest BCUT2D eigenvalue weighted by atomic mass is 9.97. The Hall–Kier alpha value is -4.07. The van der Waals surface area contributed by atoms with Crippen LogP contribution in [0.1, 0.15) is 29.5 Å². The normalized spacial score (nSPS) is 15.6. The van der Waals surface area contributed by atoms with Gasteiger partial charge in [0.15, 0.2) is 5.82 Å². The van der Waals surface area contributed by atoms with Crippen LogP contribution >= 0.6 is 0 Å². The first-order valence-electron chi connectivity index (χ1n) is 12.6. The van der Waals surface area contributed by atoms with Gasteiger partial charge in [0.25, 0.3) is 0 Å². The van der Waals surface area contributed by atoms with Gasteiger partial charge in [0.1, 0.15) is 17.0 Å². The molecule has 8 heteroatoms. The maximum Gasteiger partial charge on any atom is 0.225 e. The Bertz CT molecular complexity index is 1430. The number of piperidine rings is 1. The summed E-state index contributed by atoms with van der Waals surface area (Å²) in [5.41, 5.74) is 6.32. The number of anilines is 1. The highest BCUT2D eigenvalue weighted by atomic mass is 16.5. The maximum atomic E-state index is 13.2. The van der Waals surface area contributed by atoms with Crippen LogP contribution in [0.15, 0.2) is 54.9 Å². The van der Waals surface area contributed by atoms with Crippen LogP contribution in [0.4, 0.5) is 5.82 Å². The van der Waals surface area contributed by atoms with Crippen molar-refractivity contribution in [3.63, 3.8) is 0 Å². The number of hydrogen-bond donors (Lipinski definition) is 1. The van der Waals surface area contributed by atoms with E-state index in [9.17, 15) is 4.79 Å². The van der Waals surface area contributed by atoms with Crippen LogP contribution in [-0.4, -0.2) is 47.8 Å². The first kappa shape index (κ1) is 24.6. The molecule has 0 radical (unpaired) electrons. The molecule has 1 aliphatic rings. The van der Waals surface area contributed by atoms with Gasteiger partial charge in [0.05, 0.1) is 25.8 Å². The molecule has 0 saturated carbocycles. The summed E-state index contributed by atoms with van der Waals surface area (Å²) >= 11 is 0. The number of amides is 1. The van der Waals surface area contributed by atoms with Gasteiger partial charge in [-0.2, -0.15) is 5.10 Å². The number of nitrogens with zero attached hydrogens (tertiary/aromatic N) is 4. The van der Waals surface area contributed by atoms with Crippen LogP contribution < -0.4 is 19.7 Å². The van der Waals surface area contributed by atoms with E-state index in [2.05, 4.69) is 48.3 Å². The summed E-state index contributed by atoms with van der Waals surface area (Å²) in [6, 6.07) is 14.1. The molecule has 2 aromatic carbocycles. The molecule has 5 rings (SSSR count). The molecule has 3 heterocycles. The molecule has 1 unspecified atom stereocenters. The minimum absolute atomic E-state index is 0.0332. The summed E-state index contributed by atoms with van der Waals surface area (Å²) in [6.07, 6.45) is 5.41. The second-order valence-corrected chi connectivity index (χ2v) is 9.59. The Kier molecular flexibility index (Phi) is 6.99. The Labute approximate surface area is 217 Å². The second-order valence-electron chi connectivity index (χ2n) is 9.59. The van der Waals surface area contributed by atoms with E-state index < -0.39 is 0 Å².